The maximum absolute atomic E-state index is 12.5. The van der Waals surface area contributed by atoms with Crippen molar-refractivity contribution >= 4 is 6.09 Å². The average Bonchev–Trinajstić information content (AvgIpc) is 2.34. The Morgan fingerprint density at radius 2 is 2.09 bits per heavy atom. The van der Waals surface area contributed by atoms with Gasteiger partial charge in [-0.3, -0.25) is 0 Å². The number of carbonyl (C=O) groups excluding carboxylic acids is 1. The summed E-state index contributed by atoms with van der Waals surface area (Å²) in [5, 5.41) is 3.77. The van der Waals surface area contributed by atoms with Gasteiger partial charge in [0.05, 0.1) is 0 Å². The van der Waals surface area contributed by atoms with Crippen LogP contribution >= 0.6 is 0 Å². The summed E-state index contributed by atoms with van der Waals surface area (Å²) < 4.78 is 5.63. The number of carbonyl (C=O) groups is 1. The van der Waals surface area contributed by atoms with Gasteiger partial charge in [-0.25, -0.2) is 4.79 Å². The molecule has 1 aliphatic heterocycles. The van der Waals surface area contributed by atoms with Crippen LogP contribution in [0.4, 0.5) is 4.79 Å². The van der Waals surface area contributed by atoms with Gasteiger partial charge in [0.1, 0.15) is 5.60 Å². The van der Waals surface area contributed by atoms with E-state index in [9.17, 15) is 4.79 Å². The third-order valence-corrected chi connectivity index (χ3v) is 5.04. The molecule has 0 aromatic rings. The fourth-order valence-corrected chi connectivity index (χ4v) is 3.91. The van der Waals surface area contributed by atoms with Crippen LogP contribution in [0, 0.1) is 0 Å². The van der Waals surface area contributed by atoms with E-state index >= 15 is 0 Å². The van der Waals surface area contributed by atoms with Crippen LogP contribution in [0.5, 0.6) is 0 Å². The zero-order chi connectivity index (χ0) is 16.4. The lowest BCUT2D eigenvalue weighted by Gasteiger charge is -2.55. The summed E-state index contributed by atoms with van der Waals surface area (Å²) in [4.78, 5) is 14.6. The molecule has 1 heterocycles. The van der Waals surface area contributed by atoms with E-state index in [0.717, 1.165) is 32.2 Å². The summed E-state index contributed by atoms with van der Waals surface area (Å²) in [6.07, 6.45) is 7.94. The molecular weight excluding hydrogens is 276 g/mol. The molecule has 2 rings (SSSR count). The van der Waals surface area contributed by atoms with Gasteiger partial charge < -0.3 is 15.0 Å². The molecule has 0 aromatic heterocycles. The molecule has 128 valence electrons. The van der Waals surface area contributed by atoms with Crippen LogP contribution in [0.2, 0.25) is 0 Å². The van der Waals surface area contributed by atoms with Crippen LogP contribution in [0.15, 0.2) is 0 Å². The largest absolute Gasteiger partial charge is 0.444 e. The molecule has 2 aliphatic rings. The minimum absolute atomic E-state index is 0.0597. The molecule has 2 fully saturated rings. The van der Waals surface area contributed by atoms with Crippen molar-refractivity contribution in [1.82, 2.24) is 10.2 Å². The van der Waals surface area contributed by atoms with Crippen molar-refractivity contribution in [3.05, 3.63) is 0 Å². The number of hydrogen-bond acceptors (Lipinski definition) is 3. The minimum atomic E-state index is -0.410. The van der Waals surface area contributed by atoms with Crippen molar-refractivity contribution in [2.45, 2.75) is 103 Å². The standard InChI is InChI=1S/C18H34N2O2/c1-6-8-14(2)19-15-9-12-20(16(21)22-17(3,4)5)18(13-15)10-7-11-18/h14-15,19H,6-13H2,1-5H3. The van der Waals surface area contributed by atoms with Crippen LogP contribution in [0.1, 0.15) is 79.6 Å². The van der Waals surface area contributed by atoms with Gasteiger partial charge in [0.15, 0.2) is 0 Å². The highest BCUT2D eigenvalue weighted by molar-refractivity contribution is 5.69. The van der Waals surface area contributed by atoms with Crippen molar-refractivity contribution in [2.75, 3.05) is 6.54 Å². The number of hydrogen-bond donors (Lipinski definition) is 1. The summed E-state index contributed by atoms with van der Waals surface area (Å²) >= 11 is 0. The Morgan fingerprint density at radius 3 is 2.59 bits per heavy atom. The van der Waals surface area contributed by atoms with Gasteiger partial charge in [0.2, 0.25) is 0 Å². The van der Waals surface area contributed by atoms with Gasteiger partial charge in [-0.1, -0.05) is 13.3 Å². The molecule has 0 aromatic carbocycles. The molecule has 1 saturated heterocycles. The molecular formula is C18H34N2O2. The van der Waals surface area contributed by atoms with E-state index in [-0.39, 0.29) is 11.6 Å². The van der Waals surface area contributed by atoms with Crippen LogP contribution in [0.3, 0.4) is 0 Å². The lowest BCUT2D eigenvalue weighted by atomic mass is 9.69. The first-order valence-corrected chi connectivity index (χ1v) is 9.02. The lowest BCUT2D eigenvalue weighted by Crippen LogP contribution is -2.64. The quantitative estimate of drug-likeness (QED) is 0.850. The second-order valence-corrected chi connectivity index (χ2v) is 8.26. The highest BCUT2D eigenvalue weighted by atomic mass is 16.6. The highest BCUT2D eigenvalue weighted by Crippen LogP contribution is 2.45. The summed E-state index contributed by atoms with van der Waals surface area (Å²) in [7, 11) is 0. The second kappa shape index (κ2) is 6.77. The maximum Gasteiger partial charge on any atom is 0.410 e. The van der Waals surface area contributed by atoms with Crippen molar-refractivity contribution < 1.29 is 9.53 Å². The third-order valence-electron chi connectivity index (χ3n) is 5.04. The Bertz CT molecular complexity index is 385. The molecule has 1 amide bonds. The molecule has 22 heavy (non-hydrogen) atoms. The van der Waals surface area contributed by atoms with Crippen LogP contribution in [-0.2, 0) is 4.74 Å². The van der Waals surface area contributed by atoms with Crippen LogP contribution in [-0.4, -0.2) is 40.8 Å². The summed E-state index contributed by atoms with van der Waals surface area (Å²) in [5.74, 6) is 0. The second-order valence-electron chi connectivity index (χ2n) is 8.26. The molecule has 4 nitrogen and oxygen atoms in total. The van der Waals surface area contributed by atoms with Gasteiger partial charge in [-0.2, -0.15) is 0 Å². The van der Waals surface area contributed by atoms with Gasteiger partial charge in [0.25, 0.3) is 0 Å². The monoisotopic (exact) mass is 310 g/mol. The molecule has 1 spiro atoms. The first kappa shape index (κ1) is 17.6. The smallest absolute Gasteiger partial charge is 0.410 e. The molecule has 1 saturated carbocycles. The average molecular weight is 310 g/mol. The number of ether oxygens (including phenoxy) is 1. The molecule has 1 aliphatic carbocycles. The Hall–Kier alpha value is -0.770. The Kier molecular flexibility index (Phi) is 5.41. The van der Waals surface area contributed by atoms with E-state index in [4.69, 9.17) is 4.74 Å². The predicted molar refractivity (Wildman–Crippen MR) is 90.0 cm³/mol. The molecule has 2 atom stereocenters. The van der Waals surface area contributed by atoms with E-state index < -0.39 is 5.60 Å². The summed E-state index contributed by atoms with van der Waals surface area (Å²) in [6.45, 7) is 11.2. The van der Waals surface area contributed by atoms with Crippen LogP contribution < -0.4 is 5.32 Å². The summed E-state index contributed by atoms with van der Waals surface area (Å²) in [6, 6.07) is 1.11. The Balaban J connectivity index is 1.97. The minimum Gasteiger partial charge on any atom is -0.444 e. The van der Waals surface area contributed by atoms with E-state index in [0.29, 0.717) is 12.1 Å². The first-order valence-electron chi connectivity index (χ1n) is 9.02. The summed E-state index contributed by atoms with van der Waals surface area (Å²) in [5.41, 5.74) is -0.350. The fourth-order valence-electron chi connectivity index (χ4n) is 3.91. The zero-order valence-electron chi connectivity index (χ0n) is 15.1. The third kappa shape index (κ3) is 4.15. The number of nitrogens with zero attached hydrogens (tertiary/aromatic N) is 1. The maximum atomic E-state index is 12.5. The number of piperidine rings is 1. The normalized spacial score (nSPS) is 25.7. The molecule has 2 unspecified atom stereocenters. The van der Waals surface area contributed by atoms with Gasteiger partial charge in [0, 0.05) is 24.2 Å². The van der Waals surface area contributed by atoms with Crippen LogP contribution in [0.25, 0.3) is 0 Å². The van der Waals surface area contributed by atoms with E-state index in [1.165, 1.54) is 19.3 Å². The van der Waals surface area contributed by atoms with Crippen molar-refractivity contribution in [3.8, 4) is 0 Å². The van der Waals surface area contributed by atoms with Gasteiger partial charge in [-0.15, -0.1) is 0 Å². The van der Waals surface area contributed by atoms with Crippen molar-refractivity contribution in [1.29, 1.82) is 0 Å². The molecule has 0 radical (unpaired) electrons. The van der Waals surface area contributed by atoms with E-state index in [2.05, 4.69) is 19.2 Å². The topological polar surface area (TPSA) is 41.6 Å². The lowest BCUT2D eigenvalue weighted by molar-refractivity contribution is -0.0500. The molecule has 4 heteroatoms. The first-order chi connectivity index (χ1) is 10.3. The Morgan fingerprint density at radius 1 is 1.41 bits per heavy atom. The van der Waals surface area contributed by atoms with Crippen molar-refractivity contribution in [2.24, 2.45) is 0 Å². The van der Waals surface area contributed by atoms with Gasteiger partial charge in [-0.05, 0) is 66.2 Å². The number of likely N-dealkylation sites (tertiary alicyclic amines) is 1. The van der Waals surface area contributed by atoms with Gasteiger partial charge >= 0.3 is 6.09 Å². The number of rotatable bonds is 4. The number of nitrogens with one attached hydrogen (secondary N) is 1. The number of amides is 1. The van der Waals surface area contributed by atoms with E-state index in [1.807, 2.05) is 25.7 Å². The van der Waals surface area contributed by atoms with E-state index in [1.54, 1.807) is 0 Å². The van der Waals surface area contributed by atoms with Crippen molar-refractivity contribution in [3.63, 3.8) is 0 Å². The zero-order valence-corrected chi connectivity index (χ0v) is 15.1. The predicted octanol–water partition coefficient (Wildman–Crippen LogP) is 4.09. The molecule has 1 N–H and O–H groups in total. The fraction of sp³-hybridized carbons (Fsp3) is 0.944. The Labute approximate surface area is 136 Å². The molecule has 0 bridgehead atoms. The SMILES string of the molecule is CCCC(C)NC1CCN(C(=O)OC(C)(C)C)C2(CCC2)C1. The highest BCUT2D eigenvalue weighted by Gasteiger charge is 2.49.